The van der Waals surface area contributed by atoms with Crippen molar-refractivity contribution >= 4 is 22.5 Å². The molecular weight excluding hydrogens is 459 g/mol. The molecule has 0 spiro atoms. The Bertz CT molecular complexity index is 1350. The van der Waals surface area contributed by atoms with Gasteiger partial charge in [-0.1, -0.05) is 19.9 Å². The van der Waals surface area contributed by atoms with Crippen LogP contribution in [0.4, 0.5) is 16.0 Å². The zero-order chi connectivity index (χ0) is 25.1. The molecule has 0 radical (unpaired) electrons. The van der Waals surface area contributed by atoms with Crippen molar-refractivity contribution in [3.05, 3.63) is 72.1 Å². The van der Waals surface area contributed by atoms with Gasteiger partial charge in [-0.05, 0) is 47.7 Å². The number of benzene rings is 1. The van der Waals surface area contributed by atoms with E-state index in [1.54, 1.807) is 12.4 Å². The number of halogens is 1. The SMILES string of the molecule is CC(C)c1c(CNc2cccnc2)cnc2ccc(-c3nc(N[C@@H]4CCOC[C@H]4O)ncc3F)cc12. The summed E-state index contributed by atoms with van der Waals surface area (Å²) in [5, 5.41) is 17.7. The molecule has 186 valence electrons. The summed E-state index contributed by atoms with van der Waals surface area (Å²) in [6.07, 6.45) is 6.53. The second-order valence-corrected chi connectivity index (χ2v) is 9.25. The Morgan fingerprint density at radius 3 is 2.83 bits per heavy atom. The maximum Gasteiger partial charge on any atom is 0.223 e. The molecule has 1 saturated heterocycles. The number of aliphatic hydroxyl groups excluding tert-OH is 1. The molecule has 9 heteroatoms. The van der Waals surface area contributed by atoms with Crippen molar-refractivity contribution in [3.8, 4) is 11.3 Å². The monoisotopic (exact) mass is 488 g/mol. The summed E-state index contributed by atoms with van der Waals surface area (Å²) >= 11 is 0. The van der Waals surface area contributed by atoms with Gasteiger partial charge in [-0.2, -0.15) is 0 Å². The van der Waals surface area contributed by atoms with Crippen molar-refractivity contribution in [1.29, 1.82) is 0 Å². The largest absolute Gasteiger partial charge is 0.389 e. The molecule has 0 amide bonds. The van der Waals surface area contributed by atoms with Crippen molar-refractivity contribution in [2.24, 2.45) is 0 Å². The molecule has 1 aromatic carbocycles. The van der Waals surface area contributed by atoms with E-state index in [1.807, 2.05) is 36.5 Å². The molecule has 1 fully saturated rings. The molecule has 4 aromatic rings. The van der Waals surface area contributed by atoms with Crippen LogP contribution in [0.5, 0.6) is 0 Å². The van der Waals surface area contributed by atoms with Crippen LogP contribution in [0.15, 0.2) is 55.1 Å². The molecule has 1 aliphatic rings. The lowest BCUT2D eigenvalue weighted by molar-refractivity contribution is -0.0136. The van der Waals surface area contributed by atoms with Crippen molar-refractivity contribution < 1.29 is 14.2 Å². The summed E-state index contributed by atoms with van der Waals surface area (Å²) in [6, 6.07) is 9.28. The molecular formula is C27H29FN6O2. The van der Waals surface area contributed by atoms with Gasteiger partial charge in [0, 0.05) is 42.7 Å². The lowest BCUT2D eigenvalue weighted by Crippen LogP contribution is -2.42. The van der Waals surface area contributed by atoms with E-state index in [0.29, 0.717) is 25.1 Å². The number of aliphatic hydroxyl groups is 1. The normalized spacial score (nSPS) is 17.9. The lowest BCUT2D eigenvalue weighted by atomic mass is 9.92. The Morgan fingerprint density at radius 2 is 2.06 bits per heavy atom. The lowest BCUT2D eigenvalue weighted by Gasteiger charge is -2.28. The summed E-state index contributed by atoms with van der Waals surface area (Å²) in [7, 11) is 0. The first kappa shape index (κ1) is 24.0. The van der Waals surface area contributed by atoms with Crippen molar-refractivity contribution in [2.75, 3.05) is 23.8 Å². The number of hydrogen-bond acceptors (Lipinski definition) is 8. The van der Waals surface area contributed by atoms with Crippen molar-refractivity contribution in [3.63, 3.8) is 0 Å². The first-order chi connectivity index (χ1) is 17.5. The molecule has 0 aliphatic carbocycles. The minimum atomic E-state index is -0.671. The van der Waals surface area contributed by atoms with Crippen molar-refractivity contribution in [1.82, 2.24) is 19.9 Å². The van der Waals surface area contributed by atoms with Gasteiger partial charge < -0.3 is 20.5 Å². The number of nitrogens with zero attached hydrogens (tertiary/aromatic N) is 4. The third-order valence-corrected chi connectivity index (χ3v) is 6.37. The summed E-state index contributed by atoms with van der Waals surface area (Å²) in [4.78, 5) is 17.4. The molecule has 2 atom stereocenters. The minimum Gasteiger partial charge on any atom is -0.389 e. The molecule has 5 rings (SSSR count). The van der Waals surface area contributed by atoms with Gasteiger partial charge >= 0.3 is 0 Å². The van der Waals surface area contributed by atoms with Gasteiger partial charge in [0.15, 0.2) is 5.82 Å². The van der Waals surface area contributed by atoms with Gasteiger partial charge in [0.1, 0.15) is 5.69 Å². The van der Waals surface area contributed by atoms with E-state index < -0.39 is 11.9 Å². The number of hydrogen-bond donors (Lipinski definition) is 3. The fraction of sp³-hybridized carbons (Fsp3) is 0.333. The number of ether oxygens (including phenoxy) is 1. The Kier molecular flexibility index (Phi) is 7.02. The van der Waals surface area contributed by atoms with Crippen LogP contribution < -0.4 is 10.6 Å². The van der Waals surface area contributed by atoms with Crippen LogP contribution in [-0.4, -0.2) is 50.4 Å². The van der Waals surface area contributed by atoms with E-state index in [1.165, 1.54) is 0 Å². The van der Waals surface area contributed by atoms with Gasteiger partial charge in [-0.25, -0.2) is 14.4 Å². The molecule has 0 saturated carbocycles. The second-order valence-electron chi connectivity index (χ2n) is 9.25. The first-order valence-electron chi connectivity index (χ1n) is 12.1. The Balaban J connectivity index is 1.49. The van der Waals surface area contributed by atoms with Crippen LogP contribution in [0.3, 0.4) is 0 Å². The zero-order valence-corrected chi connectivity index (χ0v) is 20.3. The number of nitrogens with one attached hydrogen (secondary N) is 2. The molecule has 0 bridgehead atoms. The van der Waals surface area contributed by atoms with Crippen LogP contribution in [0, 0.1) is 5.82 Å². The fourth-order valence-electron chi connectivity index (χ4n) is 4.59. The number of pyridine rings is 2. The number of anilines is 2. The Morgan fingerprint density at radius 1 is 1.17 bits per heavy atom. The number of aromatic nitrogens is 4. The highest BCUT2D eigenvalue weighted by Crippen LogP contribution is 2.32. The number of rotatable bonds is 7. The van der Waals surface area contributed by atoms with E-state index >= 15 is 0 Å². The predicted octanol–water partition coefficient (Wildman–Crippen LogP) is 4.52. The Hall–Kier alpha value is -3.69. The summed E-state index contributed by atoms with van der Waals surface area (Å²) in [6.45, 7) is 5.66. The third kappa shape index (κ3) is 5.12. The van der Waals surface area contributed by atoms with E-state index in [9.17, 15) is 9.50 Å². The van der Waals surface area contributed by atoms with E-state index in [4.69, 9.17) is 4.74 Å². The Labute approximate surface area is 209 Å². The zero-order valence-electron chi connectivity index (χ0n) is 20.3. The quantitative estimate of drug-likeness (QED) is 0.349. The highest BCUT2D eigenvalue weighted by atomic mass is 19.1. The second kappa shape index (κ2) is 10.5. The van der Waals surface area contributed by atoms with Crippen LogP contribution >= 0.6 is 0 Å². The highest BCUT2D eigenvalue weighted by molar-refractivity contribution is 5.88. The van der Waals surface area contributed by atoms with Gasteiger partial charge in [-0.3, -0.25) is 9.97 Å². The van der Waals surface area contributed by atoms with E-state index in [-0.39, 0.29) is 30.2 Å². The first-order valence-corrected chi connectivity index (χ1v) is 12.1. The molecule has 8 nitrogen and oxygen atoms in total. The van der Waals surface area contributed by atoms with Gasteiger partial charge in [0.2, 0.25) is 5.95 Å². The fourth-order valence-corrected chi connectivity index (χ4v) is 4.59. The van der Waals surface area contributed by atoms with Gasteiger partial charge in [0.25, 0.3) is 0 Å². The average molecular weight is 489 g/mol. The van der Waals surface area contributed by atoms with Crippen LogP contribution in [0.2, 0.25) is 0 Å². The standard InChI is InChI=1S/C27H29FN6O2/c1-16(2)25-18(11-30-19-4-3-8-29-13-19)12-31-22-6-5-17(10-20(22)25)26-21(28)14-32-27(34-26)33-23-7-9-36-15-24(23)35/h3-6,8,10,12-14,16,23-24,30,35H,7,9,11,15H2,1-2H3,(H,32,33,34)/t23-,24-/m1/s1. The molecule has 3 N–H and O–H groups in total. The number of fused-ring (bicyclic) bond motifs is 1. The van der Waals surface area contributed by atoms with E-state index in [0.717, 1.165) is 33.9 Å². The summed E-state index contributed by atoms with van der Waals surface area (Å²) in [5.41, 5.74) is 4.82. The van der Waals surface area contributed by atoms with Crippen LogP contribution in [0.1, 0.15) is 37.3 Å². The molecule has 3 aromatic heterocycles. The average Bonchev–Trinajstić information content (AvgIpc) is 2.89. The maximum absolute atomic E-state index is 14.9. The topological polar surface area (TPSA) is 105 Å². The van der Waals surface area contributed by atoms with Gasteiger partial charge in [-0.15, -0.1) is 0 Å². The van der Waals surface area contributed by atoms with Crippen LogP contribution in [0.25, 0.3) is 22.2 Å². The molecule has 4 heterocycles. The smallest absolute Gasteiger partial charge is 0.223 e. The molecule has 36 heavy (non-hydrogen) atoms. The minimum absolute atomic E-state index is 0.199. The van der Waals surface area contributed by atoms with Crippen LogP contribution in [-0.2, 0) is 11.3 Å². The maximum atomic E-state index is 14.9. The predicted molar refractivity (Wildman–Crippen MR) is 137 cm³/mol. The van der Waals surface area contributed by atoms with E-state index in [2.05, 4.69) is 44.4 Å². The van der Waals surface area contributed by atoms with Crippen molar-refractivity contribution in [2.45, 2.75) is 44.9 Å². The molecule has 0 unspecified atom stereocenters. The summed E-state index contributed by atoms with van der Waals surface area (Å²) < 4.78 is 20.2. The summed E-state index contributed by atoms with van der Waals surface area (Å²) in [5.74, 6) is -0.0195. The third-order valence-electron chi connectivity index (χ3n) is 6.37. The van der Waals surface area contributed by atoms with Gasteiger partial charge in [0.05, 0.1) is 36.2 Å². The molecule has 1 aliphatic heterocycles. The highest BCUT2D eigenvalue weighted by Gasteiger charge is 2.25.